The maximum Gasteiger partial charge on any atom is 0.255 e. The number of hydrogen-bond acceptors (Lipinski definition) is 3. The third kappa shape index (κ3) is 3.17. The molecule has 2 aliphatic rings. The largest absolute Gasteiger partial charge is 0.497 e. The van der Waals surface area contributed by atoms with Crippen LogP contribution in [0.5, 0.6) is 5.75 Å². The van der Waals surface area contributed by atoms with Crippen molar-refractivity contribution in [1.29, 1.82) is 0 Å². The number of benzene rings is 3. The lowest BCUT2D eigenvalue weighted by atomic mass is 9.90. The van der Waals surface area contributed by atoms with Gasteiger partial charge in [0.1, 0.15) is 11.8 Å². The number of H-pyrrole nitrogens is 1. The van der Waals surface area contributed by atoms with Crippen LogP contribution in [0.2, 0.25) is 0 Å². The first-order valence-corrected chi connectivity index (χ1v) is 11.6. The van der Waals surface area contributed by atoms with Gasteiger partial charge in [0, 0.05) is 35.1 Å². The predicted octanol–water partition coefficient (Wildman–Crippen LogP) is 4.01. The molecule has 0 aliphatic carbocycles. The average Bonchev–Trinajstić information content (AvgIpc) is 3.39. The molecule has 4 aromatic rings. The van der Waals surface area contributed by atoms with Gasteiger partial charge < -0.3 is 19.9 Å². The minimum absolute atomic E-state index is 0.0831. The van der Waals surface area contributed by atoms with Gasteiger partial charge in [0.05, 0.1) is 13.2 Å². The molecule has 6 nitrogen and oxygen atoms in total. The fourth-order valence-corrected chi connectivity index (χ4v) is 5.38. The Bertz CT molecular complexity index is 1410. The minimum atomic E-state index is -0.563. The zero-order valence-corrected chi connectivity index (χ0v) is 18.9. The van der Waals surface area contributed by atoms with Crippen molar-refractivity contribution in [3.63, 3.8) is 0 Å². The fraction of sp³-hybridized carbons (Fsp3) is 0.214. The van der Waals surface area contributed by atoms with Gasteiger partial charge in [0.25, 0.3) is 5.91 Å². The van der Waals surface area contributed by atoms with Gasteiger partial charge in [-0.05, 0) is 47.4 Å². The van der Waals surface area contributed by atoms with Crippen LogP contribution in [0.15, 0.2) is 72.8 Å². The fourth-order valence-electron chi connectivity index (χ4n) is 5.38. The third-order valence-corrected chi connectivity index (χ3v) is 7.03. The number of ether oxygens (including phenoxy) is 1. The number of carbonyl (C=O) groups is 2. The molecule has 2 N–H and O–H groups in total. The number of amides is 2. The van der Waals surface area contributed by atoms with Gasteiger partial charge in [-0.15, -0.1) is 0 Å². The molecule has 1 aromatic heterocycles. The molecule has 0 spiro atoms. The van der Waals surface area contributed by atoms with E-state index in [1.807, 2.05) is 66.7 Å². The van der Waals surface area contributed by atoms with E-state index in [-0.39, 0.29) is 17.9 Å². The van der Waals surface area contributed by atoms with E-state index in [4.69, 9.17) is 4.74 Å². The highest BCUT2D eigenvalue weighted by molar-refractivity contribution is 6.03. The van der Waals surface area contributed by atoms with Crippen molar-refractivity contribution < 1.29 is 14.3 Å². The second kappa shape index (κ2) is 8.06. The zero-order valence-electron chi connectivity index (χ0n) is 18.9. The van der Waals surface area contributed by atoms with Gasteiger partial charge in [-0.3, -0.25) is 9.59 Å². The smallest absolute Gasteiger partial charge is 0.255 e. The molecule has 2 atom stereocenters. The molecule has 6 rings (SSSR count). The van der Waals surface area contributed by atoms with Crippen LogP contribution in [0.25, 0.3) is 10.9 Å². The number of rotatable bonds is 5. The maximum absolute atomic E-state index is 13.5. The summed E-state index contributed by atoms with van der Waals surface area (Å²) in [7, 11) is 1.64. The highest BCUT2D eigenvalue weighted by Gasteiger charge is 2.48. The lowest BCUT2D eigenvalue weighted by Crippen LogP contribution is -2.52. The molecular weight excluding hydrogens is 426 g/mol. The Morgan fingerprint density at radius 3 is 2.65 bits per heavy atom. The molecule has 0 bridgehead atoms. The molecule has 2 aliphatic heterocycles. The van der Waals surface area contributed by atoms with Crippen LogP contribution in [-0.2, 0) is 17.6 Å². The summed E-state index contributed by atoms with van der Waals surface area (Å²) in [5.74, 6) is 0.610. The summed E-state index contributed by atoms with van der Waals surface area (Å²) in [6.07, 6.45) is 1.20. The van der Waals surface area contributed by atoms with Crippen LogP contribution in [0.4, 0.5) is 0 Å². The summed E-state index contributed by atoms with van der Waals surface area (Å²) >= 11 is 0. The average molecular weight is 452 g/mol. The van der Waals surface area contributed by atoms with E-state index in [0.717, 1.165) is 39.0 Å². The van der Waals surface area contributed by atoms with E-state index >= 15 is 0 Å². The Morgan fingerprint density at radius 1 is 1.06 bits per heavy atom. The minimum Gasteiger partial charge on any atom is -0.497 e. The standard InChI is InChI=1S/C28H25N3O3/c1-34-18-12-10-17(11-13-18)14-15-29-27(32)24-16-22-19-6-4-5-9-23(19)30-25(22)26-20-7-2-3-8-21(20)28(33)31(24)26/h2-13,24,26,30H,14-16H2,1H3,(H,29,32)/t24-,26?/m0/s1. The number of methoxy groups -OCH3 is 1. The quantitative estimate of drug-likeness (QED) is 0.482. The third-order valence-electron chi connectivity index (χ3n) is 7.03. The molecule has 0 fully saturated rings. The zero-order chi connectivity index (χ0) is 23.2. The molecule has 0 saturated heterocycles. The Morgan fingerprint density at radius 2 is 1.82 bits per heavy atom. The predicted molar refractivity (Wildman–Crippen MR) is 130 cm³/mol. The molecule has 3 heterocycles. The highest BCUT2D eigenvalue weighted by atomic mass is 16.5. The maximum atomic E-state index is 13.5. The summed E-state index contributed by atoms with van der Waals surface area (Å²) in [6, 6.07) is 22.8. The van der Waals surface area contributed by atoms with Crippen molar-refractivity contribution in [3.8, 4) is 5.75 Å². The second-order valence-corrected chi connectivity index (χ2v) is 8.87. The Kier molecular flexibility index (Phi) is 4.87. The van der Waals surface area contributed by atoms with Gasteiger partial charge in [0.2, 0.25) is 5.91 Å². The summed E-state index contributed by atoms with van der Waals surface area (Å²) < 4.78 is 5.21. The molecule has 170 valence electrons. The molecule has 34 heavy (non-hydrogen) atoms. The normalized spacial score (nSPS) is 18.4. The number of nitrogens with zero attached hydrogens (tertiary/aromatic N) is 1. The van der Waals surface area contributed by atoms with Crippen LogP contribution in [0.3, 0.4) is 0 Å². The molecular formula is C28H25N3O3. The van der Waals surface area contributed by atoms with Gasteiger partial charge in [0.15, 0.2) is 0 Å². The Labute approximate surface area is 197 Å². The lowest BCUT2D eigenvalue weighted by Gasteiger charge is -2.37. The van der Waals surface area contributed by atoms with Crippen molar-refractivity contribution in [2.24, 2.45) is 0 Å². The van der Waals surface area contributed by atoms with Gasteiger partial charge in [-0.1, -0.05) is 48.5 Å². The monoisotopic (exact) mass is 451 g/mol. The van der Waals surface area contributed by atoms with Crippen molar-refractivity contribution in [1.82, 2.24) is 15.2 Å². The summed E-state index contributed by atoms with van der Waals surface area (Å²) in [5.41, 5.74) is 5.92. The summed E-state index contributed by atoms with van der Waals surface area (Å²) in [6.45, 7) is 0.502. The second-order valence-electron chi connectivity index (χ2n) is 8.87. The first kappa shape index (κ1) is 20.5. The topological polar surface area (TPSA) is 74.4 Å². The van der Waals surface area contributed by atoms with E-state index in [0.29, 0.717) is 24.9 Å². The number of para-hydroxylation sites is 1. The Hall–Kier alpha value is -4.06. The number of nitrogens with one attached hydrogen (secondary N) is 2. The van der Waals surface area contributed by atoms with Crippen molar-refractivity contribution >= 4 is 22.7 Å². The first-order valence-electron chi connectivity index (χ1n) is 11.6. The van der Waals surface area contributed by atoms with Crippen molar-refractivity contribution in [2.75, 3.05) is 13.7 Å². The number of fused-ring (bicyclic) bond motifs is 7. The van der Waals surface area contributed by atoms with Gasteiger partial charge in [-0.2, -0.15) is 0 Å². The number of hydrogen-bond donors (Lipinski definition) is 2. The number of aromatic amines is 1. The highest BCUT2D eigenvalue weighted by Crippen LogP contribution is 2.46. The molecule has 6 heteroatoms. The van der Waals surface area contributed by atoms with Crippen molar-refractivity contribution in [2.45, 2.75) is 24.9 Å². The molecule has 3 aromatic carbocycles. The number of aromatic nitrogens is 1. The van der Waals surface area contributed by atoms with Crippen LogP contribution in [0, 0.1) is 0 Å². The van der Waals surface area contributed by atoms with E-state index in [2.05, 4.69) is 16.4 Å². The van der Waals surface area contributed by atoms with E-state index in [9.17, 15) is 9.59 Å². The molecule has 1 unspecified atom stereocenters. The van der Waals surface area contributed by atoms with Crippen LogP contribution >= 0.6 is 0 Å². The summed E-state index contributed by atoms with van der Waals surface area (Å²) in [4.78, 5) is 32.2. The Balaban J connectivity index is 1.31. The molecule has 2 amide bonds. The van der Waals surface area contributed by atoms with Crippen LogP contribution < -0.4 is 10.1 Å². The summed E-state index contributed by atoms with van der Waals surface area (Å²) in [5, 5.41) is 4.20. The number of carbonyl (C=O) groups excluding carboxylic acids is 2. The van der Waals surface area contributed by atoms with Crippen LogP contribution in [-0.4, -0.2) is 41.4 Å². The van der Waals surface area contributed by atoms with Gasteiger partial charge >= 0.3 is 0 Å². The SMILES string of the molecule is COc1ccc(CCNC(=O)[C@@H]2Cc3c([nH]c4ccccc34)C3c4ccccc4C(=O)N32)cc1. The lowest BCUT2D eigenvalue weighted by molar-refractivity contribution is -0.126. The molecule has 0 saturated carbocycles. The molecule has 0 radical (unpaired) electrons. The first-order chi connectivity index (χ1) is 16.7. The van der Waals surface area contributed by atoms with Crippen molar-refractivity contribution in [3.05, 3.63) is 101 Å². The van der Waals surface area contributed by atoms with E-state index < -0.39 is 6.04 Å². The van der Waals surface area contributed by atoms with E-state index in [1.165, 1.54) is 0 Å². The van der Waals surface area contributed by atoms with E-state index in [1.54, 1.807) is 12.0 Å². The van der Waals surface area contributed by atoms with Gasteiger partial charge in [-0.25, -0.2) is 0 Å². The van der Waals surface area contributed by atoms with Crippen LogP contribution in [0.1, 0.15) is 38.8 Å².